The molecule has 2 aromatic rings. The van der Waals surface area contributed by atoms with Crippen molar-refractivity contribution in [1.29, 1.82) is 0 Å². The fraction of sp³-hybridized carbons (Fsp3) is 0.154. The van der Waals surface area contributed by atoms with E-state index in [2.05, 4.69) is 4.98 Å². The van der Waals surface area contributed by atoms with Gasteiger partial charge in [0.1, 0.15) is 11.6 Å². The van der Waals surface area contributed by atoms with Crippen LogP contribution in [0.2, 0.25) is 5.02 Å². The van der Waals surface area contributed by atoms with Gasteiger partial charge in [-0.1, -0.05) is 11.6 Å². The van der Waals surface area contributed by atoms with Crippen LogP contribution in [0.1, 0.15) is 11.3 Å². The van der Waals surface area contributed by atoms with Gasteiger partial charge in [-0.05, 0) is 36.8 Å². The molecule has 1 N–H and O–H groups in total. The van der Waals surface area contributed by atoms with Gasteiger partial charge in [0.05, 0.1) is 17.3 Å². The summed E-state index contributed by atoms with van der Waals surface area (Å²) in [6, 6.07) is 7.58. The standard InChI is InChI=1S/C13H11ClFNO2/c1-8-6-9(2-4-11(8)15)18-13-5-3-10(14)12(7-17)16-13/h2-6,17H,7H2,1H3. The highest BCUT2D eigenvalue weighted by Gasteiger charge is 2.06. The minimum Gasteiger partial charge on any atom is -0.439 e. The Hall–Kier alpha value is -1.65. The molecule has 1 aromatic carbocycles. The molecule has 0 radical (unpaired) electrons. The first-order valence-electron chi connectivity index (χ1n) is 5.30. The quantitative estimate of drug-likeness (QED) is 0.926. The molecule has 0 saturated heterocycles. The fourth-order valence-corrected chi connectivity index (χ4v) is 1.60. The summed E-state index contributed by atoms with van der Waals surface area (Å²) in [5.74, 6) is 0.490. The van der Waals surface area contributed by atoms with Crippen molar-refractivity contribution in [1.82, 2.24) is 4.98 Å². The minimum absolute atomic E-state index is 0.265. The van der Waals surface area contributed by atoms with Crippen LogP contribution in [-0.2, 0) is 6.61 Å². The maximum absolute atomic E-state index is 13.1. The van der Waals surface area contributed by atoms with E-state index < -0.39 is 0 Å². The lowest BCUT2D eigenvalue weighted by molar-refractivity contribution is 0.275. The van der Waals surface area contributed by atoms with Gasteiger partial charge in [-0.15, -0.1) is 0 Å². The smallest absolute Gasteiger partial charge is 0.219 e. The monoisotopic (exact) mass is 267 g/mol. The highest BCUT2D eigenvalue weighted by atomic mass is 35.5. The Kier molecular flexibility index (Phi) is 3.79. The zero-order chi connectivity index (χ0) is 13.1. The number of nitrogens with zero attached hydrogens (tertiary/aromatic N) is 1. The van der Waals surface area contributed by atoms with E-state index in [-0.39, 0.29) is 12.4 Å². The molecular formula is C13H11ClFNO2. The normalized spacial score (nSPS) is 10.4. The lowest BCUT2D eigenvalue weighted by Gasteiger charge is -2.07. The maximum atomic E-state index is 13.1. The number of aryl methyl sites for hydroxylation is 1. The molecule has 0 unspecified atom stereocenters. The van der Waals surface area contributed by atoms with Crippen molar-refractivity contribution in [3.8, 4) is 11.6 Å². The lowest BCUT2D eigenvalue weighted by Crippen LogP contribution is -1.95. The third-order valence-electron chi connectivity index (χ3n) is 2.39. The molecule has 0 aliphatic heterocycles. The number of pyridine rings is 1. The third kappa shape index (κ3) is 2.78. The van der Waals surface area contributed by atoms with Crippen LogP contribution in [0.15, 0.2) is 30.3 Å². The van der Waals surface area contributed by atoms with Crippen molar-refractivity contribution in [2.24, 2.45) is 0 Å². The van der Waals surface area contributed by atoms with E-state index >= 15 is 0 Å². The first-order valence-corrected chi connectivity index (χ1v) is 5.68. The summed E-state index contributed by atoms with van der Waals surface area (Å²) in [6.07, 6.45) is 0. The molecule has 18 heavy (non-hydrogen) atoms. The maximum Gasteiger partial charge on any atom is 0.219 e. The highest BCUT2D eigenvalue weighted by Crippen LogP contribution is 2.24. The Morgan fingerprint density at radius 2 is 2.11 bits per heavy atom. The summed E-state index contributed by atoms with van der Waals surface area (Å²) in [7, 11) is 0. The number of benzene rings is 1. The van der Waals surface area contributed by atoms with Crippen LogP contribution in [0.25, 0.3) is 0 Å². The zero-order valence-electron chi connectivity index (χ0n) is 9.65. The lowest BCUT2D eigenvalue weighted by atomic mass is 10.2. The number of aliphatic hydroxyl groups excluding tert-OH is 1. The van der Waals surface area contributed by atoms with Crippen molar-refractivity contribution in [2.75, 3.05) is 0 Å². The molecule has 1 aromatic heterocycles. The van der Waals surface area contributed by atoms with E-state index in [0.29, 0.717) is 27.9 Å². The highest BCUT2D eigenvalue weighted by molar-refractivity contribution is 6.31. The zero-order valence-corrected chi connectivity index (χ0v) is 10.4. The van der Waals surface area contributed by atoms with Crippen molar-refractivity contribution >= 4 is 11.6 Å². The van der Waals surface area contributed by atoms with E-state index in [1.807, 2.05) is 0 Å². The van der Waals surface area contributed by atoms with Gasteiger partial charge in [-0.3, -0.25) is 0 Å². The van der Waals surface area contributed by atoms with Gasteiger partial charge >= 0.3 is 0 Å². The van der Waals surface area contributed by atoms with Crippen LogP contribution >= 0.6 is 11.6 Å². The summed E-state index contributed by atoms with van der Waals surface area (Å²) in [6.45, 7) is 1.38. The molecule has 0 saturated carbocycles. The predicted octanol–water partition coefficient (Wildman–Crippen LogP) is 3.47. The van der Waals surface area contributed by atoms with Gasteiger partial charge in [0.2, 0.25) is 5.88 Å². The number of hydrogen-bond acceptors (Lipinski definition) is 3. The Morgan fingerprint density at radius 3 is 2.78 bits per heavy atom. The number of aromatic nitrogens is 1. The average Bonchev–Trinajstić information content (AvgIpc) is 2.36. The van der Waals surface area contributed by atoms with Crippen LogP contribution in [0.3, 0.4) is 0 Å². The third-order valence-corrected chi connectivity index (χ3v) is 2.74. The summed E-state index contributed by atoms with van der Waals surface area (Å²) in [5, 5.41) is 9.41. The molecule has 0 amide bonds. The molecule has 94 valence electrons. The minimum atomic E-state index is -0.289. The second-order valence-electron chi connectivity index (χ2n) is 3.75. The van der Waals surface area contributed by atoms with Crippen molar-refractivity contribution < 1.29 is 14.2 Å². The number of ether oxygens (including phenoxy) is 1. The number of halogens is 2. The molecule has 0 aliphatic carbocycles. The fourth-order valence-electron chi connectivity index (χ4n) is 1.43. The number of rotatable bonds is 3. The van der Waals surface area contributed by atoms with Crippen LogP contribution in [0, 0.1) is 12.7 Å². The van der Waals surface area contributed by atoms with Gasteiger partial charge in [-0.25, -0.2) is 9.37 Å². The molecule has 2 rings (SSSR count). The SMILES string of the molecule is Cc1cc(Oc2ccc(Cl)c(CO)n2)ccc1F. The Labute approximate surface area is 109 Å². The summed E-state index contributed by atoms with van der Waals surface area (Å²) < 4.78 is 18.6. The van der Waals surface area contributed by atoms with Crippen LogP contribution in [0.5, 0.6) is 11.6 Å². The molecule has 0 fully saturated rings. The second kappa shape index (κ2) is 5.33. The van der Waals surface area contributed by atoms with Crippen LogP contribution in [-0.4, -0.2) is 10.1 Å². The topological polar surface area (TPSA) is 42.4 Å². The predicted molar refractivity (Wildman–Crippen MR) is 66.4 cm³/mol. The van der Waals surface area contributed by atoms with Crippen molar-refractivity contribution in [3.63, 3.8) is 0 Å². The molecule has 5 heteroatoms. The molecule has 3 nitrogen and oxygen atoms in total. The Balaban J connectivity index is 2.25. The Bertz CT molecular complexity index is 575. The van der Waals surface area contributed by atoms with E-state index in [1.54, 1.807) is 25.1 Å². The molecule has 0 aliphatic rings. The summed E-state index contributed by atoms with van der Waals surface area (Å²) in [5.41, 5.74) is 0.830. The van der Waals surface area contributed by atoms with Gasteiger partial charge < -0.3 is 9.84 Å². The average molecular weight is 268 g/mol. The van der Waals surface area contributed by atoms with Crippen molar-refractivity contribution in [2.45, 2.75) is 13.5 Å². The summed E-state index contributed by atoms with van der Waals surface area (Å²) in [4.78, 5) is 4.04. The van der Waals surface area contributed by atoms with E-state index in [1.165, 1.54) is 12.1 Å². The second-order valence-corrected chi connectivity index (χ2v) is 4.16. The van der Waals surface area contributed by atoms with Crippen molar-refractivity contribution in [3.05, 3.63) is 52.4 Å². The van der Waals surface area contributed by atoms with Crippen LogP contribution in [0.4, 0.5) is 4.39 Å². The van der Waals surface area contributed by atoms with Crippen LogP contribution < -0.4 is 4.74 Å². The number of hydrogen-bond donors (Lipinski definition) is 1. The van der Waals surface area contributed by atoms with Gasteiger partial charge in [0.15, 0.2) is 0 Å². The molecule has 0 bridgehead atoms. The van der Waals surface area contributed by atoms with Gasteiger partial charge in [0.25, 0.3) is 0 Å². The molecule has 0 atom stereocenters. The van der Waals surface area contributed by atoms with Gasteiger partial charge in [0, 0.05) is 6.07 Å². The van der Waals surface area contributed by atoms with E-state index in [0.717, 1.165) is 0 Å². The molecular weight excluding hydrogens is 257 g/mol. The summed E-state index contributed by atoms with van der Waals surface area (Å²) >= 11 is 5.82. The van der Waals surface area contributed by atoms with Gasteiger partial charge in [-0.2, -0.15) is 0 Å². The first-order chi connectivity index (χ1) is 8.60. The molecule has 1 heterocycles. The van der Waals surface area contributed by atoms with E-state index in [4.69, 9.17) is 21.4 Å². The largest absolute Gasteiger partial charge is 0.439 e. The molecule has 0 spiro atoms. The Morgan fingerprint density at radius 1 is 1.33 bits per heavy atom. The van der Waals surface area contributed by atoms with E-state index in [9.17, 15) is 4.39 Å². The first kappa shape index (κ1) is 12.8. The number of aliphatic hydroxyl groups is 1.